The molecule has 0 radical (unpaired) electrons. The van der Waals surface area contributed by atoms with Gasteiger partial charge in [0.1, 0.15) is 5.82 Å². The molecule has 0 aromatic heterocycles. The van der Waals surface area contributed by atoms with Crippen molar-refractivity contribution in [3.63, 3.8) is 0 Å². The molecule has 1 aromatic rings. The maximum atomic E-state index is 13.3. The molecule has 1 nitrogen and oxygen atoms in total. The van der Waals surface area contributed by atoms with Gasteiger partial charge in [-0.25, -0.2) is 4.39 Å². The van der Waals surface area contributed by atoms with Gasteiger partial charge in [0.25, 0.3) is 0 Å². The minimum Gasteiger partial charge on any atom is -0.313 e. The molecule has 0 aliphatic carbocycles. The standard InChI is InChI=1S/C17H26FNS2/c1-4-16-17(21-9-8-20-16)15(19-5-2)11-13-6-7-14(18)10-12(13)3/h6-7,10,15-17,19H,4-5,8-9,11H2,1-3H3. The largest absolute Gasteiger partial charge is 0.313 e. The van der Waals surface area contributed by atoms with Crippen molar-refractivity contribution >= 4 is 23.5 Å². The van der Waals surface area contributed by atoms with E-state index < -0.39 is 0 Å². The van der Waals surface area contributed by atoms with Crippen molar-refractivity contribution < 1.29 is 4.39 Å². The average molecular weight is 328 g/mol. The first-order valence-corrected chi connectivity index (χ1v) is 9.97. The molecule has 0 amide bonds. The molecule has 3 unspecified atom stereocenters. The van der Waals surface area contributed by atoms with Crippen LogP contribution in [0.1, 0.15) is 31.4 Å². The molecule has 0 bridgehead atoms. The van der Waals surface area contributed by atoms with Gasteiger partial charge in [-0.15, -0.1) is 0 Å². The number of nitrogens with one attached hydrogen (secondary N) is 1. The lowest BCUT2D eigenvalue weighted by Gasteiger charge is -2.36. The highest BCUT2D eigenvalue weighted by atomic mass is 32.2. The van der Waals surface area contributed by atoms with Gasteiger partial charge in [0.05, 0.1) is 0 Å². The zero-order valence-corrected chi connectivity index (χ0v) is 14.8. The van der Waals surface area contributed by atoms with Gasteiger partial charge in [-0.2, -0.15) is 23.5 Å². The zero-order chi connectivity index (χ0) is 15.2. The lowest BCUT2D eigenvalue weighted by atomic mass is 9.97. The first-order valence-electron chi connectivity index (χ1n) is 7.87. The van der Waals surface area contributed by atoms with Crippen LogP contribution < -0.4 is 5.32 Å². The number of hydrogen-bond donors (Lipinski definition) is 1. The Morgan fingerprint density at radius 3 is 2.71 bits per heavy atom. The van der Waals surface area contributed by atoms with E-state index in [-0.39, 0.29) is 5.82 Å². The maximum Gasteiger partial charge on any atom is 0.123 e. The van der Waals surface area contributed by atoms with E-state index in [4.69, 9.17) is 0 Å². The van der Waals surface area contributed by atoms with E-state index in [1.807, 2.05) is 13.0 Å². The lowest BCUT2D eigenvalue weighted by molar-refractivity contribution is 0.489. The van der Waals surface area contributed by atoms with Crippen molar-refractivity contribution in [2.24, 2.45) is 0 Å². The van der Waals surface area contributed by atoms with Gasteiger partial charge < -0.3 is 5.32 Å². The van der Waals surface area contributed by atoms with E-state index in [0.29, 0.717) is 11.3 Å². The molecule has 1 aromatic carbocycles. The van der Waals surface area contributed by atoms with E-state index in [1.54, 1.807) is 12.1 Å². The Kier molecular flexibility index (Phi) is 6.90. The molecule has 118 valence electrons. The van der Waals surface area contributed by atoms with Crippen LogP contribution in [0.4, 0.5) is 4.39 Å². The van der Waals surface area contributed by atoms with Gasteiger partial charge in [-0.05, 0) is 49.6 Å². The SMILES string of the molecule is CCNC(Cc1ccc(F)cc1C)C1SCCSC1CC. The van der Waals surface area contributed by atoms with Crippen LogP contribution in [0.25, 0.3) is 0 Å². The molecule has 21 heavy (non-hydrogen) atoms. The summed E-state index contributed by atoms with van der Waals surface area (Å²) in [7, 11) is 0. The Labute approximate surface area is 136 Å². The van der Waals surface area contributed by atoms with Gasteiger partial charge in [0, 0.05) is 28.0 Å². The predicted octanol–water partition coefficient (Wildman–Crippen LogP) is 4.28. The second-order valence-corrected chi connectivity index (χ2v) is 8.22. The topological polar surface area (TPSA) is 12.0 Å². The molecule has 3 atom stereocenters. The molecule has 0 saturated carbocycles. The van der Waals surface area contributed by atoms with E-state index in [9.17, 15) is 4.39 Å². The molecule has 2 rings (SSSR count). The fraction of sp³-hybridized carbons (Fsp3) is 0.647. The Balaban J connectivity index is 2.13. The highest BCUT2D eigenvalue weighted by molar-refractivity contribution is 8.07. The van der Waals surface area contributed by atoms with Crippen molar-refractivity contribution in [1.82, 2.24) is 5.32 Å². The molecule has 4 heteroatoms. The highest BCUT2D eigenvalue weighted by Gasteiger charge is 2.31. The summed E-state index contributed by atoms with van der Waals surface area (Å²) in [5, 5.41) is 5.06. The van der Waals surface area contributed by atoms with Crippen molar-refractivity contribution in [2.45, 2.75) is 50.2 Å². The van der Waals surface area contributed by atoms with Crippen LogP contribution in [0.15, 0.2) is 18.2 Å². The van der Waals surface area contributed by atoms with Crippen molar-refractivity contribution in [3.8, 4) is 0 Å². The number of rotatable bonds is 6. The highest BCUT2D eigenvalue weighted by Crippen LogP contribution is 2.36. The Hall–Kier alpha value is -0.190. The summed E-state index contributed by atoms with van der Waals surface area (Å²) in [4.78, 5) is 0. The molecule has 1 aliphatic heterocycles. The van der Waals surface area contributed by atoms with E-state index >= 15 is 0 Å². The normalized spacial score (nSPS) is 24.0. The molecular weight excluding hydrogens is 301 g/mol. The molecule has 0 spiro atoms. The average Bonchev–Trinajstić information content (AvgIpc) is 2.49. The monoisotopic (exact) mass is 327 g/mol. The third kappa shape index (κ3) is 4.64. The fourth-order valence-corrected chi connectivity index (χ4v) is 6.27. The summed E-state index contributed by atoms with van der Waals surface area (Å²) in [6, 6.07) is 5.67. The van der Waals surface area contributed by atoms with Crippen LogP contribution in [0, 0.1) is 12.7 Å². The summed E-state index contributed by atoms with van der Waals surface area (Å²) in [5.74, 6) is 2.38. The summed E-state index contributed by atoms with van der Waals surface area (Å²) < 4.78 is 13.3. The Morgan fingerprint density at radius 1 is 1.29 bits per heavy atom. The van der Waals surface area contributed by atoms with Crippen molar-refractivity contribution in [3.05, 3.63) is 35.1 Å². The maximum absolute atomic E-state index is 13.3. The number of benzene rings is 1. The summed E-state index contributed by atoms with van der Waals surface area (Å²) in [6.45, 7) is 7.47. The summed E-state index contributed by atoms with van der Waals surface area (Å²) >= 11 is 4.24. The van der Waals surface area contributed by atoms with Gasteiger partial charge in [-0.3, -0.25) is 0 Å². The second-order valence-electron chi connectivity index (χ2n) is 5.59. The quantitative estimate of drug-likeness (QED) is 0.837. The van der Waals surface area contributed by atoms with E-state index in [2.05, 4.69) is 42.7 Å². The molecular formula is C17H26FNS2. The number of hydrogen-bond acceptors (Lipinski definition) is 3. The Bertz CT molecular complexity index is 452. The molecule has 1 fully saturated rings. The number of aryl methyl sites for hydroxylation is 1. The molecule has 1 saturated heterocycles. The van der Waals surface area contributed by atoms with Crippen LogP contribution >= 0.6 is 23.5 Å². The van der Waals surface area contributed by atoms with Crippen molar-refractivity contribution in [2.75, 3.05) is 18.1 Å². The van der Waals surface area contributed by atoms with Gasteiger partial charge >= 0.3 is 0 Å². The van der Waals surface area contributed by atoms with Gasteiger partial charge in [0.15, 0.2) is 0 Å². The van der Waals surface area contributed by atoms with Crippen LogP contribution in [0.5, 0.6) is 0 Å². The van der Waals surface area contributed by atoms with Crippen molar-refractivity contribution in [1.29, 1.82) is 0 Å². The van der Waals surface area contributed by atoms with Crippen LogP contribution in [-0.4, -0.2) is 34.6 Å². The van der Waals surface area contributed by atoms with Gasteiger partial charge in [-0.1, -0.05) is 19.9 Å². The number of thioether (sulfide) groups is 2. The molecule has 1 N–H and O–H groups in total. The zero-order valence-electron chi connectivity index (χ0n) is 13.2. The van der Waals surface area contributed by atoms with Crippen LogP contribution in [-0.2, 0) is 6.42 Å². The minimum atomic E-state index is -0.134. The number of likely N-dealkylation sites (N-methyl/N-ethyl adjacent to an activating group) is 1. The first-order chi connectivity index (χ1) is 10.2. The molecule has 1 aliphatic rings. The van der Waals surface area contributed by atoms with Crippen LogP contribution in [0.2, 0.25) is 0 Å². The molecule has 1 heterocycles. The predicted molar refractivity (Wildman–Crippen MR) is 95.1 cm³/mol. The fourth-order valence-electron chi connectivity index (χ4n) is 3.00. The summed E-state index contributed by atoms with van der Waals surface area (Å²) in [6.07, 6.45) is 2.22. The van der Waals surface area contributed by atoms with Gasteiger partial charge in [0.2, 0.25) is 0 Å². The number of halogens is 1. The van der Waals surface area contributed by atoms with Crippen LogP contribution in [0.3, 0.4) is 0 Å². The minimum absolute atomic E-state index is 0.134. The smallest absolute Gasteiger partial charge is 0.123 e. The Morgan fingerprint density at radius 2 is 2.05 bits per heavy atom. The lowest BCUT2D eigenvalue weighted by Crippen LogP contribution is -2.46. The van der Waals surface area contributed by atoms with E-state index in [1.165, 1.54) is 23.5 Å². The van der Waals surface area contributed by atoms with E-state index in [0.717, 1.165) is 23.8 Å². The second kappa shape index (κ2) is 8.44. The third-order valence-electron chi connectivity index (χ3n) is 4.10. The summed E-state index contributed by atoms with van der Waals surface area (Å²) in [5.41, 5.74) is 2.34. The first kappa shape index (κ1) is 17.2. The third-order valence-corrected chi connectivity index (χ3v) is 7.51.